The summed E-state index contributed by atoms with van der Waals surface area (Å²) >= 11 is 0. The van der Waals surface area contributed by atoms with Gasteiger partial charge in [-0.15, -0.1) is 0 Å². The van der Waals surface area contributed by atoms with Gasteiger partial charge in [-0.1, -0.05) is 5.16 Å². The van der Waals surface area contributed by atoms with Crippen LogP contribution in [0.3, 0.4) is 0 Å². The molecule has 1 aliphatic heterocycles. The maximum absolute atomic E-state index is 5.72. The first-order valence-electron chi connectivity index (χ1n) is 5.79. The van der Waals surface area contributed by atoms with Gasteiger partial charge in [0.1, 0.15) is 6.04 Å². The molecular weight excluding hydrogens is 232 g/mol. The number of hydrazine groups is 1. The highest BCUT2D eigenvalue weighted by molar-refractivity contribution is 5.15. The quantitative estimate of drug-likeness (QED) is 0.693. The molecule has 4 N–H and O–H groups in total. The Bertz CT molecular complexity index is 513. The van der Waals surface area contributed by atoms with Crippen molar-refractivity contribution in [1.29, 1.82) is 0 Å². The van der Waals surface area contributed by atoms with Crippen LogP contribution in [0.4, 0.5) is 0 Å². The summed E-state index contributed by atoms with van der Waals surface area (Å²) < 4.78 is 5.23. The van der Waals surface area contributed by atoms with Crippen molar-refractivity contribution in [3.05, 3.63) is 41.8 Å². The van der Waals surface area contributed by atoms with Crippen LogP contribution in [0.25, 0.3) is 0 Å². The molecule has 1 fully saturated rings. The highest BCUT2D eigenvalue weighted by Crippen LogP contribution is 2.19. The third-order valence-electron chi connectivity index (χ3n) is 2.83. The second-order valence-corrected chi connectivity index (χ2v) is 4.26. The minimum atomic E-state index is -0.0782. The molecule has 2 aromatic heterocycles. The van der Waals surface area contributed by atoms with Crippen molar-refractivity contribution in [2.45, 2.75) is 25.0 Å². The van der Waals surface area contributed by atoms with Crippen LogP contribution >= 0.6 is 0 Å². The molecule has 94 valence electrons. The Morgan fingerprint density at radius 3 is 2.89 bits per heavy atom. The summed E-state index contributed by atoms with van der Waals surface area (Å²) in [4.78, 5) is 8.33. The molecule has 0 amide bonds. The van der Waals surface area contributed by atoms with Crippen LogP contribution in [-0.4, -0.2) is 21.3 Å². The zero-order chi connectivity index (χ0) is 12.4. The standard InChI is InChI=1S/C11H14N6O/c12-9-6-8(15-16-9)11-14-10(17-18-11)5-7-1-3-13-4-2-7/h1-4,8-9,15-16H,5-6,12H2. The normalized spacial score (nSPS) is 23.4. The van der Waals surface area contributed by atoms with Gasteiger partial charge < -0.3 is 10.3 Å². The van der Waals surface area contributed by atoms with Crippen LogP contribution in [0.5, 0.6) is 0 Å². The number of rotatable bonds is 3. The summed E-state index contributed by atoms with van der Waals surface area (Å²) in [6.45, 7) is 0. The lowest BCUT2D eigenvalue weighted by molar-refractivity contribution is 0.337. The molecule has 0 saturated carbocycles. The highest BCUT2D eigenvalue weighted by Gasteiger charge is 2.26. The molecule has 2 atom stereocenters. The van der Waals surface area contributed by atoms with Crippen LogP contribution in [0, 0.1) is 0 Å². The average molecular weight is 246 g/mol. The van der Waals surface area contributed by atoms with Crippen molar-refractivity contribution in [3.8, 4) is 0 Å². The molecule has 0 bridgehead atoms. The summed E-state index contributed by atoms with van der Waals surface area (Å²) in [7, 11) is 0. The lowest BCUT2D eigenvalue weighted by Crippen LogP contribution is -2.36. The first-order chi connectivity index (χ1) is 8.81. The van der Waals surface area contributed by atoms with E-state index in [-0.39, 0.29) is 12.2 Å². The number of hydrogen-bond donors (Lipinski definition) is 3. The van der Waals surface area contributed by atoms with Crippen molar-refractivity contribution in [3.63, 3.8) is 0 Å². The van der Waals surface area contributed by atoms with Gasteiger partial charge in [-0.25, -0.2) is 10.9 Å². The maximum atomic E-state index is 5.72. The predicted octanol–water partition coefficient (Wildman–Crippen LogP) is -0.121. The van der Waals surface area contributed by atoms with Gasteiger partial charge in [0, 0.05) is 25.2 Å². The van der Waals surface area contributed by atoms with E-state index in [1.807, 2.05) is 12.1 Å². The van der Waals surface area contributed by atoms with Gasteiger partial charge in [-0.3, -0.25) is 4.98 Å². The monoisotopic (exact) mass is 246 g/mol. The Kier molecular flexibility index (Phi) is 3.01. The molecule has 2 aromatic rings. The van der Waals surface area contributed by atoms with E-state index < -0.39 is 0 Å². The van der Waals surface area contributed by atoms with Gasteiger partial charge >= 0.3 is 0 Å². The van der Waals surface area contributed by atoms with Crippen molar-refractivity contribution in [2.75, 3.05) is 0 Å². The van der Waals surface area contributed by atoms with E-state index in [1.165, 1.54) is 0 Å². The number of hydrogen-bond acceptors (Lipinski definition) is 7. The predicted molar refractivity (Wildman–Crippen MR) is 62.9 cm³/mol. The Morgan fingerprint density at radius 2 is 2.17 bits per heavy atom. The second-order valence-electron chi connectivity index (χ2n) is 4.26. The SMILES string of the molecule is NC1CC(c2nc(Cc3ccncc3)no2)NN1. The van der Waals surface area contributed by atoms with Gasteiger partial charge in [0.15, 0.2) is 5.82 Å². The van der Waals surface area contributed by atoms with Crippen molar-refractivity contribution in [1.82, 2.24) is 26.0 Å². The Morgan fingerprint density at radius 1 is 1.33 bits per heavy atom. The molecule has 0 spiro atoms. The van der Waals surface area contributed by atoms with Crippen molar-refractivity contribution < 1.29 is 4.52 Å². The van der Waals surface area contributed by atoms with E-state index in [2.05, 4.69) is 26.0 Å². The molecule has 1 saturated heterocycles. The van der Waals surface area contributed by atoms with E-state index in [9.17, 15) is 0 Å². The molecule has 0 radical (unpaired) electrons. The Hall–Kier alpha value is -1.83. The van der Waals surface area contributed by atoms with E-state index in [1.54, 1.807) is 12.4 Å². The number of nitrogens with two attached hydrogens (primary N) is 1. The maximum Gasteiger partial charge on any atom is 0.245 e. The molecule has 0 aromatic carbocycles. The number of pyridine rings is 1. The number of nitrogens with zero attached hydrogens (tertiary/aromatic N) is 3. The fourth-order valence-electron chi connectivity index (χ4n) is 1.91. The van der Waals surface area contributed by atoms with Gasteiger partial charge in [-0.05, 0) is 17.7 Å². The molecule has 7 heteroatoms. The van der Waals surface area contributed by atoms with Crippen LogP contribution in [0.1, 0.15) is 29.7 Å². The van der Waals surface area contributed by atoms with E-state index >= 15 is 0 Å². The first kappa shape index (κ1) is 11.3. The smallest absolute Gasteiger partial charge is 0.245 e. The largest absolute Gasteiger partial charge is 0.338 e. The number of aromatic nitrogens is 3. The van der Waals surface area contributed by atoms with E-state index in [0.29, 0.717) is 18.1 Å². The van der Waals surface area contributed by atoms with E-state index in [0.717, 1.165) is 12.0 Å². The third-order valence-corrected chi connectivity index (χ3v) is 2.83. The van der Waals surface area contributed by atoms with Crippen molar-refractivity contribution >= 4 is 0 Å². The summed E-state index contributed by atoms with van der Waals surface area (Å²) in [6.07, 6.45) is 4.79. The molecule has 1 aliphatic rings. The summed E-state index contributed by atoms with van der Waals surface area (Å²) in [6, 6.07) is 3.85. The van der Waals surface area contributed by atoms with Gasteiger partial charge in [0.25, 0.3) is 0 Å². The first-order valence-corrected chi connectivity index (χ1v) is 5.79. The van der Waals surface area contributed by atoms with Crippen LogP contribution < -0.4 is 16.6 Å². The highest BCUT2D eigenvalue weighted by atomic mass is 16.5. The molecule has 7 nitrogen and oxygen atoms in total. The van der Waals surface area contributed by atoms with Crippen LogP contribution in [0.15, 0.2) is 29.0 Å². The van der Waals surface area contributed by atoms with Gasteiger partial charge in [-0.2, -0.15) is 4.98 Å². The van der Waals surface area contributed by atoms with Gasteiger partial charge in [0.05, 0.1) is 6.17 Å². The minimum Gasteiger partial charge on any atom is -0.338 e. The molecule has 3 rings (SSSR count). The zero-order valence-corrected chi connectivity index (χ0v) is 9.71. The molecule has 0 aliphatic carbocycles. The summed E-state index contributed by atoms with van der Waals surface area (Å²) in [5.41, 5.74) is 12.8. The number of nitrogens with one attached hydrogen (secondary N) is 2. The second kappa shape index (κ2) is 4.81. The molecule has 3 heterocycles. The average Bonchev–Trinajstić information content (AvgIpc) is 2.99. The minimum absolute atomic E-state index is 0.0151. The zero-order valence-electron chi connectivity index (χ0n) is 9.71. The van der Waals surface area contributed by atoms with E-state index in [4.69, 9.17) is 10.3 Å². The summed E-state index contributed by atoms with van der Waals surface area (Å²) in [5.74, 6) is 1.23. The van der Waals surface area contributed by atoms with Gasteiger partial charge in [0.2, 0.25) is 5.89 Å². The van der Waals surface area contributed by atoms with Crippen LogP contribution in [-0.2, 0) is 6.42 Å². The van der Waals surface area contributed by atoms with Crippen LogP contribution in [0.2, 0.25) is 0 Å². The van der Waals surface area contributed by atoms with Crippen molar-refractivity contribution in [2.24, 2.45) is 5.73 Å². The topological polar surface area (TPSA) is 102 Å². The fourth-order valence-corrected chi connectivity index (χ4v) is 1.91. The summed E-state index contributed by atoms with van der Waals surface area (Å²) in [5, 5.41) is 3.97. The third kappa shape index (κ3) is 2.37. The fraction of sp³-hybridized carbons (Fsp3) is 0.364. The Balaban J connectivity index is 1.70. The Labute approximate surface area is 104 Å². The molecular formula is C11H14N6O. The lowest BCUT2D eigenvalue weighted by atomic mass is 10.2. The molecule has 18 heavy (non-hydrogen) atoms. The lowest BCUT2D eigenvalue weighted by Gasteiger charge is -2.00. The molecule has 2 unspecified atom stereocenters.